The summed E-state index contributed by atoms with van der Waals surface area (Å²) >= 11 is 0. The number of hydrogen-bond donors (Lipinski definition) is 1. The first-order valence-electron chi connectivity index (χ1n) is 5.80. The molecule has 2 aromatic rings. The minimum absolute atomic E-state index is 0.237. The van der Waals surface area contributed by atoms with Crippen molar-refractivity contribution < 1.29 is 0 Å². The molecule has 5 heteroatoms. The van der Waals surface area contributed by atoms with E-state index in [9.17, 15) is 0 Å². The standard InChI is InChI=1S/C12H15N5/c1-7(2)10-9-5-13-6-17(9)11-8(3)4-14-16-12(11)15-10/h4-7,10H,1-3H3,(H,15,16). The van der Waals surface area contributed by atoms with Gasteiger partial charge >= 0.3 is 0 Å². The van der Waals surface area contributed by atoms with Crippen molar-refractivity contribution in [2.45, 2.75) is 26.8 Å². The van der Waals surface area contributed by atoms with E-state index in [0.29, 0.717) is 5.92 Å². The van der Waals surface area contributed by atoms with Crippen molar-refractivity contribution in [1.29, 1.82) is 0 Å². The number of fused-ring (bicyclic) bond motifs is 3. The van der Waals surface area contributed by atoms with Crippen LogP contribution in [0.15, 0.2) is 18.7 Å². The summed E-state index contributed by atoms with van der Waals surface area (Å²) in [6.45, 7) is 6.40. The molecule has 1 aliphatic heterocycles. The van der Waals surface area contributed by atoms with Crippen molar-refractivity contribution in [3.05, 3.63) is 30.0 Å². The third-order valence-corrected chi connectivity index (χ3v) is 3.19. The van der Waals surface area contributed by atoms with Crippen LogP contribution in [0.1, 0.15) is 31.1 Å². The summed E-state index contributed by atoms with van der Waals surface area (Å²) in [7, 11) is 0. The van der Waals surface area contributed by atoms with Crippen molar-refractivity contribution >= 4 is 5.82 Å². The minimum Gasteiger partial charge on any atom is -0.358 e. The molecular weight excluding hydrogens is 214 g/mol. The lowest BCUT2D eigenvalue weighted by molar-refractivity contribution is 0.516. The van der Waals surface area contributed by atoms with Crippen LogP contribution < -0.4 is 5.32 Å². The van der Waals surface area contributed by atoms with E-state index in [0.717, 1.165) is 17.1 Å². The van der Waals surface area contributed by atoms with Crippen LogP contribution in [0.2, 0.25) is 0 Å². The molecule has 1 atom stereocenters. The van der Waals surface area contributed by atoms with E-state index in [1.54, 1.807) is 6.20 Å². The number of aryl methyl sites for hydroxylation is 1. The van der Waals surface area contributed by atoms with Crippen LogP contribution in [0, 0.1) is 12.8 Å². The molecule has 0 bridgehead atoms. The predicted octanol–water partition coefficient (Wildman–Crippen LogP) is 2.09. The van der Waals surface area contributed by atoms with Crippen LogP contribution >= 0.6 is 0 Å². The van der Waals surface area contributed by atoms with Crippen LogP contribution in [-0.4, -0.2) is 19.7 Å². The highest BCUT2D eigenvalue weighted by molar-refractivity contribution is 5.62. The molecule has 0 saturated heterocycles. The summed E-state index contributed by atoms with van der Waals surface area (Å²) in [6, 6.07) is 0.237. The minimum atomic E-state index is 0.237. The van der Waals surface area contributed by atoms with Gasteiger partial charge in [-0.25, -0.2) is 4.98 Å². The molecule has 1 aliphatic rings. The molecule has 0 radical (unpaired) electrons. The first-order valence-corrected chi connectivity index (χ1v) is 5.80. The predicted molar refractivity (Wildman–Crippen MR) is 65.1 cm³/mol. The van der Waals surface area contributed by atoms with E-state index >= 15 is 0 Å². The molecule has 5 nitrogen and oxygen atoms in total. The summed E-state index contributed by atoms with van der Waals surface area (Å²) in [5.74, 6) is 1.31. The van der Waals surface area contributed by atoms with Crippen molar-refractivity contribution in [2.24, 2.45) is 5.92 Å². The topological polar surface area (TPSA) is 55.6 Å². The normalized spacial score (nSPS) is 17.5. The van der Waals surface area contributed by atoms with Crippen molar-refractivity contribution in [3.8, 4) is 5.69 Å². The zero-order chi connectivity index (χ0) is 12.0. The zero-order valence-electron chi connectivity index (χ0n) is 10.2. The molecule has 2 aromatic heterocycles. The molecule has 3 rings (SSSR count). The van der Waals surface area contributed by atoms with Gasteiger partial charge in [0.05, 0.1) is 36.1 Å². The van der Waals surface area contributed by atoms with E-state index in [2.05, 4.69) is 38.9 Å². The lowest BCUT2D eigenvalue weighted by Gasteiger charge is -2.30. The fraction of sp³-hybridized carbons (Fsp3) is 0.417. The summed E-state index contributed by atoms with van der Waals surface area (Å²) in [4.78, 5) is 4.25. The number of nitrogens with zero attached hydrogens (tertiary/aromatic N) is 4. The number of aromatic nitrogens is 4. The Morgan fingerprint density at radius 3 is 2.94 bits per heavy atom. The fourth-order valence-electron chi connectivity index (χ4n) is 2.32. The Morgan fingerprint density at radius 2 is 2.18 bits per heavy atom. The van der Waals surface area contributed by atoms with Gasteiger partial charge in [0.15, 0.2) is 5.82 Å². The van der Waals surface area contributed by atoms with Crippen LogP contribution in [0.4, 0.5) is 5.82 Å². The van der Waals surface area contributed by atoms with Crippen LogP contribution in [0.5, 0.6) is 0 Å². The number of hydrogen-bond acceptors (Lipinski definition) is 4. The molecule has 0 aromatic carbocycles. The third kappa shape index (κ3) is 1.42. The molecule has 3 heterocycles. The van der Waals surface area contributed by atoms with E-state index in [4.69, 9.17) is 0 Å². The van der Waals surface area contributed by atoms with Gasteiger partial charge in [-0.1, -0.05) is 13.8 Å². The Balaban J connectivity index is 2.23. The highest BCUT2D eigenvalue weighted by atomic mass is 15.2. The average Bonchev–Trinajstić information content (AvgIpc) is 2.76. The van der Waals surface area contributed by atoms with Crippen molar-refractivity contribution in [1.82, 2.24) is 19.7 Å². The number of anilines is 1. The van der Waals surface area contributed by atoms with Gasteiger partial charge in [0.25, 0.3) is 0 Å². The Labute approximate surface area is 99.9 Å². The smallest absolute Gasteiger partial charge is 0.173 e. The number of nitrogens with one attached hydrogen (secondary N) is 1. The molecular formula is C12H15N5. The Morgan fingerprint density at radius 1 is 1.35 bits per heavy atom. The van der Waals surface area contributed by atoms with E-state index in [-0.39, 0.29) is 6.04 Å². The van der Waals surface area contributed by atoms with Crippen molar-refractivity contribution in [3.63, 3.8) is 0 Å². The summed E-state index contributed by atoms with van der Waals surface area (Å²) in [6.07, 6.45) is 5.54. The second-order valence-corrected chi connectivity index (χ2v) is 4.78. The Kier molecular flexibility index (Phi) is 2.14. The van der Waals surface area contributed by atoms with Gasteiger partial charge in [-0.15, -0.1) is 5.10 Å². The van der Waals surface area contributed by atoms with E-state index in [1.807, 2.05) is 19.4 Å². The van der Waals surface area contributed by atoms with Gasteiger partial charge in [-0.3, -0.25) is 4.57 Å². The molecule has 1 N–H and O–H groups in total. The first-order chi connectivity index (χ1) is 8.18. The molecule has 0 aliphatic carbocycles. The van der Waals surface area contributed by atoms with Crippen molar-refractivity contribution in [2.75, 3.05) is 5.32 Å². The monoisotopic (exact) mass is 229 g/mol. The van der Waals surface area contributed by atoms with Crippen LogP contribution in [0.25, 0.3) is 5.69 Å². The highest BCUT2D eigenvalue weighted by Gasteiger charge is 2.28. The SMILES string of the molecule is Cc1cnnc2c1-n1cncc1C(C(C)C)N2. The molecule has 88 valence electrons. The maximum absolute atomic E-state index is 4.25. The number of imidazole rings is 1. The third-order valence-electron chi connectivity index (χ3n) is 3.19. The lowest BCUT2D eigenvalue weighted by Crippen LogP contribution is -2.26. The van der Waals surface area contributed by atoms with Crippen LogP contribution in [-0.2, 0) is 0 Å². The fourth-order valence-corrected chi connectivity index (χ4v) is 2.32. The zero-order valence-corrected chi connectivity index (χ0v) is 10.2. The summed E-state index contributed by atoms with van der Waals surface area (Å²) < 4.78 is 2.11. The molecule has 1 unspecified atom stereocenters. The summed E-state index contributed by atoms with van der Waals surface area (Å²) in [5, 5.41) is 11.6. The molecule has 0 saturated carbocycles. The van der Waals surface area contributed by atoms with E-state index < -0.39 is 0 Å². The van der Waals surface area contributed by atoms with Gasteiger partial charge in [0.2, 0.25) is 0 Å². The Bertz CT molecular complexity index is 558. The van der Waals surface area contributed by atoms with Gasteiger partial charge in [-0.2, -0.15) is 5.10 Å². The summed E-state index contributed by atoms with van der Waals surface area (Å²) in [5.41, 5.74) is 3.34. The highest BCUT2D eigenvalue weighted by Crippen LogP contribution is 2.35. The molecule has 0 fully saturated rings. The average molecular weight is 229 g/mol. The van der Waals surface area contributed by atoms with Gasteiger partial charge in [0, 0.05) is 0 Å². The quantitative estimate of drug-likeness (QED) is 0.813. The number of rotatable bonds is 1. The molecule has 0 amide bonds. The van der Waals surface area contributed by atoms with Crippen LogP contribution in [0.3, 0.4) is 0 Å². The largest absolute Gasteiger partial charge is 0.358 e. The van der Waals surface area contributed by atoms with E-state index in [1.165, 1.54) is 5.69 Å². The van der Waals surface area contributed by atoms with Gasteiger partial charge < -0.3 is 5.32 Å². The second kappa shape index (κ2) is 3.55. The molecule has 17 heavy (non-hydrogen) atoms. The maximum atomic E-state index is 4.25. The van der Waals surface area contributed by atoms with Gasteiger partial charge in [-0.05, 0) is 18.4 Å². The lowest BCUT2D eigenvalue weighted by atomic mass is 9.99. The Hall–Kier alpha value is -1.91. The molecule has 0 spiro atoms. The first kappa shape index (κ1) is 10.3. The maximum Gasteiger partial charge on any atom is 0.173 e. The van der Waals surface area contributed by atoms with Gasteiger partial charge in [0.1, 0.15) is 0 Å². The second-order valence-electron chi connectivity index (χ2n) is 4.78.